The minimum absolute atomic E-state index is 0.0747. The zero-order valence-corrected chi connectivity index (χ0v) is 17.4. The normalized spacial score (nSPS) is 13.2. The molecule has 1 aromatic carbocycles. The van der Waals surface area contributed by atoms with Crippen LogP contribution < -0.4 is 9.16 Å². The molecule has 2 nitrogen and oxygen atoms in total. The lowest BCUT2D eigenvalue weighted by atomic mass is 9.87. The first-order chi connectivity index (χ1) is 9.29. The predicted molar refractivity (Wildman–Crippen MR) is 97.2 cm³/mol. The average molecular weight is 373 g/mol. The van der Waals surface area contributed by atoms with Crippen LogP contribution in [0.3, 0.4) is 0 Å². The maximum Gasteiger partial charge on any atom is 0.250 e. The Kier molecular flexibility index (Phi) is 5.27. The second-order valence-electron chi connectivity index (χ2n) is 8.10. The zero-order valence-electron chi connectivity index (χ0n) is 14.8. The summed E-state index contributed by atoms with van der Waals surface area (Å²) in [4.78, 5) is 0. The molecule has 0 spiro atoms. The lowest BCUT2D eigenvalue weighted by Crippen LogP contribution is -2.44. The molecule has 0 aliphatic heterocycles. The second-order valence-corrected chi connectivity index (χ2v) is 13.7. The van der Waals surface area contributed by atoms with Gasteiger partial charge in [-0.1, -0.05) is 41.5 Å². The van der Waals surface area contributed by atoms with Gasteiger partial charge in [0.05, 0.1) is 11.6 Å². The topological polar surface area (TPSA) is 18.5 Å². The van der Waals surface area contributed by atoms with Crippen molar-refractivity contribution in [2.24, 2.45) is 0 Å². The van der Waals surface area contributed by atoms with E-state index in [-0.39, 0.29) is 10.5 Å². The fourth-order valence-electron chi connectivity index (χ4n) is 1.66. The summed E-state index contributed by atoms with van der Waals surface area (Å²) in [6.07, 6.45) is 0. The Morgan fingerprint density at radius 3 is 1.90 bits per heavy atom. The monoisotopic (exact) mass is 372 g/mol. The summed E-state index contributed by atoms with van der Waals surface area (Å²) in [7, 11) is -0.197. The van der Waals surface area contributed by atoms with Crippen molar-refractivity contribution in [3.63, 3.8) is 0 Å². The zero-order chi connectivity index (χ0) is 16.6. The Hall–Kier alpha value is -0.483. The molecule has 0 saturated carbocycles. The largest absolute Gasteiger partial charge is 0.540 e. The molecule has 0 radical (unpaired) electrons. The smallest absolute Gasteiger partial charge is 0.250 e. The Morgan fingerprint density at radius 1 is 1.00 bits per heavy atom. The van der Waals surface area contributed by atoms with Crippen molar-refractivity contribution < 1.29 is 9.16 Å². The van der Waals surface area contributed by atoms with Gasteiger partial charge in [0.1, 0.15) is 0 Å². The summed E-state index contributed by atoms with van der Waals surface area (Å²) in [6, 6.07) is 4.23. The first kappa shape index (κ1) is 18.6. The number of rotatable bonds is 3. The number of ether oxygens (including phenoxy) is 1. The molecule has 0 N–H and O–H groups in total. The predicted octanol–water partition coefficient (Wildman–Crippen LogP) is 6.14. The second kappa shape index (κ2) is 5.96. The molecular formula is C17H29BrO2Si. The molecule has 21 heavy (non-hydrogen) atoms. The maximum absolute atomic E-state index is 6.45. The average Bonchev–Trinajstić information content (AvgIpc) is 2.28. The molecule has 0 bridgehead atoms. The van der Waals surface area contributed by atoms with Crippen LogP contribution in [-0.2, 0) is 5.41 Å². The third-order valence-corrected chi connectivity index (χ3v) is 9.17. The van der Waals surface area contributed by atoms with Crippen molar-refractivity contribution in [3.8, 4) is 11.5 Å². The summed E-state index contributed by atoms with van der Waals surface area (Å²) in [5.41, 5.74) is 1.31. The molecule has 4 heteroatoms. The highest BCUT2D eigenvalue weighted by Crippen LogP contribution is 2.44. The van der Waals surface area contributed by atoms with Gasteiger partial charge in [-0.05, 0) is 57.2 Å². The number of benzene rings is 1. The molecule has 0 atom stereocenters. The van der Waals surface area contributed by atoms with Crippen molar-refractivity contribution in [1.82, 2.24) is 0 Å². The van der Waals surface area contributed by atoms with Crippen LogP contribution in [0.15, 0.2) is 16.6 Å². The lowest BCUT2D eigenvalue weighted by Gasteiger charge is -2.37. The van der Waals surface area contributed by atoms with Crippen LogP contribution in [0.1, 0.15) is 47.1 Å². The number of halogens is 1. The molecule has 0 fully saturated rings. The SMILES string of the molecule is COc1cc(C(C)(C)C)cc(Br)c1O[Si](C)(C)C(C)(C)C. The van der Waals surface area contributed by atoms with Crippen LogP contribution >= 0.6 is 15.9 Å². The van der Waals surface area contributed by atoms with E-state index in [0.717, 1.165) is 16.0 Å². The van der Waals surface area contributed by atoms with Crippen LogP contribution in [0.4, 0.5) is 0 Å². The molecule has 0 aromatic heterocycles. The van der Waals surface area contributed by atoms with Crippen LogP contribution in [-0.4, -0.2) is 15.4 Å². The van der Waals surface area contributed by atoms with Crippen molar-refractivity contribution in [2.45, 2.75) is 65.1 Å². The van der Waals surface area contributed by atoms with Crippen molar-refractivity contribution in [1.29, 1.82) is 0 Å². The Labute approximate surface area is 139 Å². The van der Waals surface area contributed by atoms with Crippen LogP contribution in [0, 0.1) is 0 Å². The maximum atomic E-state index is 6.45. The summed E-state index contributed by atoms with van der Waals surface area (Å²) in [6.45, 7) is 17.8. The molecule has 0 unspecified atom stereocenters. The van der Waals surface area contributed by atoms with Gasteiger partial charge >= 0.3 is 0 Å². The minimum Gasteiger partial charge on any atom is -0.540 e. The molecule has 1 rings (SSSR count). The van der Waals surface area contributed by atoms with E-state index in [9.17, 15) is 0 Å². The van der Waals surface area contributed by atoms with Gasteiger partial charge in [-0.2, -0.15) is 0 Å². The molecule has 120 valence electrons. The third kappa shape index (κ3) is 4.25. The molecule has 1 aromatic rings. The van der Waals surface area contributed by atoms with Crippen molar-refractivity contribution in [3.05, 3.63) is 22.2 Å². The van der Waals surface area contributed by atoms with E-state index in [1.54, 1.807) is 7.11 Å². The molecule has 0 heterocycles. The van der Waals surface area contributed by atoms with Crippen LogP contribution in [0.2, 0.25) is 18.1 Å². The van der Waals surface area contributed by atoms with Crippen LogP contribution in [0.5, 0.6) is 11.5 Å². The van der Waals surface area contributed by atoms with E-state index in [0.29, 0.717) is 0 Å². The molecule has 0 aliphatic carbocycles. The first-order valence-electron chi connectivity index (χ1n) is 7.36. The summed E-state index contributed by atoms with van der Waals surface area (Å²) in [5, 5.41) is 0.153. The van der Waals surface area contributed by atoms with E-state index < -0.39 is 8.32 Å². The van der Waals surface area contributed by atoms with E-state index >= 15 is 0 Å². The van der Waals surface area contributed by atoms with Gasteiger partial charge in [0, 0.05) is 0 Å². The quantitative estimate of drug-likeness (QED) is 0.593. The highest BCUT2D eigenvalue weighted by molar-refractivity contribution is 9.10. The van der Waals surface area contributed by atoms with Gasteiger partial charge < -0.3 is 9.16 Å². The van der Waals surface area contributed by atoms with Gasteiger partial charge in [-0.15, -0.1) is 0 Å². The third-order valence-electron chi connectivity index (χ3n) is 4.26. The number of hydrogen-bond donors (Lipinski definition) is 0. The lowest BCUT2D eigenvalue weighted by molar-refractivity contribution is 0.383. The van der Waals surface area contributed by atoms with Crippen LogP contribution in [0.25, 0.3) is 0 Å². The first-order valence-corrected chi connectivity index (χ1v) is 11.1. The van der Waals surface area contributed by atoms with Crippen molar-refractivity contribution >= 4 is 24.2 Å². The molecular weight excluding hydrogens is 344 g/mol. The fraction of sp³-hybridized carbons (Fsp3) is 0.647. The fourth-order valence-corrected chi connectivity index (χ4v) is 3.36. The van der Waals surface area contributed by atoms with E-state index in [2.05, 4.69) is 82.7 Å². The highest BCUT2D eigenvalue weighted by atomic mass is 79.9. The number of methoxy groups -OCH3 is 1. The van der Waals surface area contributed by atoms with Gasteiger partial charge in [-0.3, -0.25) is 0 Å². The van der Waals surface area contributed by atoms with Gasteiger partial charge in [0.25, 0.3) is 8.32 Å². The van der Waals surface area contributed by atoms with E-state index in [4.69, 9.17) is 9.16 Å². The highest BCUT2D eigenvalue weighted by Gasteiger charge is 2.40. The van der Waals surface area contributed by atoms with Gasteiger partial charge in [0.15, 0.2) is 11.5 Å². The summed E-state index contributed by atoms with van der Waals surface area (Å²) < 4.78 is 13.0. The summed E-state index contributed by atoms with van der Waals surface area (Å²) in [5.74, 6) is 1.64. The minimum atomic E-state index is -1.90. The van der Waals surface area contributed by atoms with Crippen molar-refractivity contribution in [2.75, 3.05) is 7.11 Å². The van der Waals surface area contributed by atoms with E-state index in [1.165, 1.54) is 5.56 Å². The standard InChI is InChI=1S/C17H29BrO2Si/c1-16(2,3)12-10-13(18)15(14(11-12)19-7)20-21(8,9)17(4,5)6/h10-11H,1-9H3. The molecule has 0 amide bonds. The molecule has 0 aliphatic rings. The Morgan fingerprint density at radius 2 is 1.52 bits per heavy atom. The van der Waals surface area contributed by atoms with Gasteiger partial charge in [-0.25, -0.2) is 0 Å². The summed E-state index contributed by atoms with van der Waals surface area (Å²) >= 11 is 3.67. The Bertz CT molecular complexity index is 511. The van der Waals surface area contributed by atoms with Gasteiger partial charge in [0.2, 0.25) is 0 Å². The Balaban J connectivity index is 3.32. The number of hydrogen-bond acceptors (Lipinski definition) is 2. The van der Waals surface area contributed by atoms with E-state index in [1.807, 2.05) is 0 Å². The molecule has 0 saturated heterocycles.